The fourth-order valence-electron chi connectivity index (χ4n) is 1.55. The van der Waals surface area contributed by atoms with Gasteiger partial charge in [-0.3, -0.25) is 4.79 Å². The maximum atomic E-state index is 12.8. The van der Waals surface area contributed by atoms with E-state index in [9.17, 15) is 14.3 Å². The van der Waals surface area contributed by atoms with Crippen LogP contribution in [0.4, 0.5) is 4.39 Å². The number of carboxylic acid groups (broad SMARTS) is 1. The molecule has 1 N–H and O–H groups in total. The Morgan fingerprint density at radius 2 is 1.68 bits per heavy atom. The average Bonchev–Trinajstić information content (AvgIpc) is 2.39. The summed E-state index contributed by atoms with van der Waals surface area (Å²) in [6.07, 6.45) is 0. The summed E-state index contributed by atoms with van der Waals surface area (Å²) in [7, 11) is 0. The lowest BCUT2D eigenvalue weighted by molar-refractivity contribution is -0.136. The zero-order chi connectivity index (χ0) is 13.8. The lowest BCUT2D eigenvalue weighted by Crippen LogP contribution is -2.07. The fourth-order valence-corrected chi connectivity index (χ4v) is 2.77. The first-order valence-electron chi connectivity index (χ1n) is 5.47. The molecule has 0 aliphatic heterocycles. The Balaban J connectivity index is 2.23. The summed E-state index contributed by atoms with van der Waals surface area (Å²) >= 11 is 4.49. The molecule has 98 valence electrons. The van der Waals surface area contributed by atoms with Gasteiger partial charge in [0.05, 0.1) is 0 Å². The van der Waals surface area contributed by atoms with Crippen LogP contribution in [0.5, 0.6) is 0 Å². The van der Waals surface area contributed by atoms with Crippen LogP contribution >= 0.6 is 27.7 Å². The second-order valence-corrected chi connectivity index (χ2v) is 5.94. The minimum Gasteiger partial charge on any atom is -0.480 e. The van der Waals surface area contributed by atoms with Gasteiger partial charge in [-0.2, -0.15) is 0 Å². The SMILES string of the molecule is O=C(O)[C@@H](Sc1ccc(F)cc1)c1ccc(Br)cc1. The quantitative estimate of drug-likeness (QED) is 0.832. The molecule has 0 aliphatic rings. The molecule has 0 saturated carbocycles. The molecule has 0 bridgehead atoms. The third-order valence-electron chi connectivity index (χ3n) is 2.46. The first kappa shape index (κ1) is 14.1. The van der Waals surface area contributed by atoms with Crippen LogP contribution in [0.2, 0.25) is 0 Å². The Bertz CT molecular complexity index is 569. The highest BCUT2D eigenvalue weighted by Gasteiger charge is 2.21. The molecular formula is C14H10BrFO2S. The molecule has 0 aliphatic carbocycles. The van der Waals surface area contributed by atoms with Crippen molar-refractivity contribution in [2.24, 2.45) is 0 Å². The molecule has 0 fully saturated rings. The highest BCUT2D eigenvalue weighted by atomic mass is 79.9. The van der Waals surface area contributed by atoms with Crippen molar-refractivity contribution in [2.45, 2.75) is 10.1 Å². The van der Waals surface area contributed by atoms with Crippen LogP contribution in [0, 0.1) is 5.82 Å². The zero-order valence-corrected chi connectivity index (χ0v) is 12.1. The molecule has 2 aromatic carbocycles. The van der Waals surface area contributed by atoms with E-state index in [0.29, 0.717) is 5.56 Å². The topological polar surface area (TPSA) is 37.3 Å². The third kappa shape index (κ3) is 3.81. The van der Waals surface area contributed by atoms with Crippen molar-refractivity contribution in [3.63, 3.8) is 0 Å². The molecule has 19 heavy (non-hydrogen) atoms. The number of carboxylic acids is 1. The zero-order valence-electron chi connectivity index (χ0n) is 9.72. The van der Waals surface area contributed by atoms with Crippen molar-refractivity contribution in [2.75, 3.05) is 0 Å². The number of hydrogen-bond donors (Lipinski definition) is 1. The number of halogens is 2. The molecule has 0 amide bonds. The van der Waals surface area contributed by atoms with Crippen LogP contribution in [0.1, 0.15) is 10.8 Å². The van der Waals surface area contributed by atoms with E-state index in [0.717, 1.165) is 9.37 Å². The number of aliphatic carboxylic acids is 1. The van der Waals surface area contributed by atoms with Crippen molar-refractivity contribution >= 4 is 33.7 Å². The van der Waals surface area contributed by atoms with Crippen molar-refractivity contribution in [3.05, 3.63) is 64.4 Å². The van der Waals surface area contributed by atoms with Crippen molar-refractivity contribution in [3.8, 4) is 0 Å². The summed E-state index contributed by atoms with van der Waals surface area (Å²) in [6.45, 7) is 0. The normalized spacial score (nSPS) is 12.1. The van der Waals surface area contributed by atoms with Gasteiger partial charge < -0.3 is 5.11 Å². The van der Waals surface area contributed by atoms with E-state index >= 15 is 0 Å². The summed E-state index contributed by atoms with van der Waals surface area (Å²) < 4.78 is 13.7. The van der Waals surface area contributed by atoms with E-state index < -0.39 is 11.2 Å². The Morgan fingerprint density at radius 1 is 1.11 bits per heavy atom. The van der Waals surface area contributed by atoms with Gasteiger partial charge in [0.15, 0.2) is 0 Å². The number of carbonyl (C=O) groups is 1. The van der Waals surface area contributed by atoms with E-state index in [4.69, 9.17) is 0 Å². The second kappa shape index (κ2) is 6.21. The van der Waals surface area contributed by atoms with Crippen molar-refractivity contribution < 1.29 is 14.3 Å². The predicted octanol–water partition coefficient (Wildman–Crippen LogP) is 4.51. The van der Waals surface area contributed by atoms with E-state index in [1.807, 2.05) is 0 Å². The van der Waals surface area contributed by atoms with Gasteiger partial charge in [-0.15, -0.1) is 11.8 Å². The Kier molecular flexibility index (Phi) is 4.61. The largest absolute Gasteiger partial charge is 0.480 e. The molecule has 0 aromatic heterocycles. The van der Waals surface area contributed by atoms with E-state index in [1.54, 1.807) is 36.4 Å². The molecule has 0 heterocycles. The van der Waals surface area contributed by atoms with Crippen molar-refractivity contribution in [1.82, 2.24) is 0 Å². The van der Waals surface area contributed by atoms with Gasteiger partial charge in [0, 0.05) is 9.37 Å². The fraction of sp³-hybridized carbons (Fsp3) is 0.0714. The highest BCUT2D eigenvalue weighted by molar-refractivity contribution is 9.10. The summed E-state index contributed by atoms with van der Waals surface area (Å²) in [6, 6.07) is 12.9. The third-order valence-corrected chi connectivity index (χ3v) is 4.25. The lowest BCUT2D eigenvalue weighted by Gasteiger charge is -2.12. The maximum Gasteiger partial charge on any atom is 0.321 e. The first-order chi connectivity index (χ1) is 9.06. The minimum absolute atomic E-state index is 0.333. The smallest absolute Gasteiger partial charge is 0.321 e. The molecule has 0 radical (unpaired) electrons. The van der Waals surface area contributed by atoms with Gasteiger partial charge in [0.25, 0.3) is 0 Å². The molecule has 1 atom stereocenters. The van der Waals surface area contributed by atoms with Gasteiger partial charge in [-0.25, -0.2) is 4.39 Å². The van der Waals surface area contributed by atoms with Gasteiger partial charge in [0.1, 0.15) is 11.1 Å². The summed E-state index contributed by atoms with van der Waals surface area (Å²) in [4.78, 5) is 12.1. The first-order valence-corrected chi connectivity index (χ1v) is 7.14. The van der Waals surface area contributed by atoms with Crippen LogP contribution in [-0.2, 0) is 4.79 Å². The molecule has 2 aromatic rings. The number of rotatable bonds is 4. The van der Waals surface area contributed by atoms with E-state index in [-0.39, 0.29) is 5.82 Å². The number of hydrogen-bond acceptors (Lipinski definition) is 2. The molecular weight excluding hydrogens is 331 g/mol. The summed E-state index contributed by atoms with van der Waals surface area (Å²) in [5.74, 6) is -1.25. The van der Waals surface area contributed by atoms with E-state index in [1.165, 1.54) is 23.9 Å². The number of benzene rings is 2. The molecule has 2 nitrogen and oxygen atoms in total. The Morgan fingerprint density at radius 3 is 2.21 bits per heavy atom. The Hall–Kier alpha value is -1.33. The van der Waals surface area contributed by atoms with Crippen LogP contribution in [0.15, 0.2) is 57.9 Å². The Labute approximate surface area is 122 Å². The maximum absolute atomic E-state index is 12.8. The van der Waals surface area contributed by atoms with Crippen LogP contribution in [0.25, 0.3) is 0 Å². The molecule has 2 rings (SSSR count). The van der Waals surface area contributed by atoms with Gasteiger partial charge in [-0.1, -0.05) is 28.1 Å². The summed E-state index contributed by atoms with van der Waals surface area (Å²) in [5, 5.41) is 8.60. The van der Waals surface area contributed by atoms with Crippen LogP contribution in [0.3, 0.4) is 0 Å². The van der Waals surface area contributed by atoms with Crippen molar-refractivity contribution in [1.29, 1.82) is 0 Å². The standard InChI is InChI=1S/C14H10BrFO2S/c15-10-3-1-9(2-4-10)13(14(17)18)19-12-7-5-11(16)6-8-12/h1-8,13H,(H,17,18)/t13-/m0/s1. The minimum atomic E-state index is -0.920. The van der Waals surface area contributed by atoms with Crippen LogP contribution < -0.4 is 0 Å². The molecule has 0 unspecified atom stereocenters. The molecule has 0 spiro atoms. The molecule has 5 heteroatoms. The van der Waals surface area contributed by atoms with Gasteiger partial charge in [-0.05, 0) is 42.0 Å². The summed E-state index contributed by atoms with van der Waals surface area (Å²) in [5.41, 5.74) is 0.699. The van der Waals surface area contributed by atoms with Gasteiger partial charge >= 0.3 is 5.97 Å². The van der Waals surface area contributed by atoms with E-state index in [2.05, 4.69) is 15.9 Å². The van der Waals surface area contributed by atoms with Crippen LogP contribution in [-0.4, -0.2) is 11.1 Å². The second-order valence-electron chi connectivity index (χ2n) is 3.84. The monoisotopic (exact) mass is 340 g/mol. The average molecular weight is 341 g/mol. The predicted molar refractivity (Wildman–Crippen MR) is 76.8 cm³/mol. The van der Waals surface area contributed by atoms with Gasteiger partial charge in [0.2, 0.25) is 0 Å². The lowest BCUT2D eigenvalue weighted by atomic mass is 10.1. The number of thioether (sulfide) groups is 1. The highest BCUT2D eigenvalue weighted by Crippen LogP contribution is 2.35. The molecule has 0 saturated heterocycles.